The number of hydrogen-bond acceptors (Lipinski definition) is 4. The smallest absolute Gasteiger partial charge is 0.242 e. The third-order valence-electron chi connectivity index (χ3n) is 5.59. The number of benzene rings is 3. The number of hydrogen-bond donors (Lipinski definition) is 2. The molecule has 0 aliphatic carbocycles. The van der Waals surface area contributed by atoms with Gasteiger partial charge in [0, 0.05) is 11.8 Å². The first-order valence-corrected chi connectivity index (χ1v) is 11.4. The van der Waals surface area contributed by atoms with Gasteiger partial charge in [-0.1, -0.05) is 78.9 Å². The number of ether oxygens (including phenoxy) is 1. The number of para-hydroxylation sites is 1. The normalized spacial score (nSPS) is 11.5. The fraction of sp³-hybridized carbons (Fsp3) is 0.179. The van der Waals surface area contributed by atoms with Crippen molar-refractivity contribution in [2.45, 2.75) is 25.4 Å². The maximum absolute atomic E-state index is 12.9. The zero-order valence-corrected chi connectivity index (χ0v) is 19.6. The molecule has 3 aromatic carbocycles. The lowest BCUT2D eigenvalue weighted by molar-refractivity contribution is -0.122. The number of nitrogens with one attached hydrogen (secondary N) is 2. The van der Waals surface area contributed by atoms with Crippen molar-refractivity contribution in [3.8, 4) is 5.75 Å². The average Bonchev–Trinajstić information content (AvgIpc) is 3.31. The van der Waals surface area contributed by atoms with Crippen molar-refractivity contribution in [2.24, 2.45) is 0 Å². The summed E-state index contributed by atoms with van der Waals surface area (Å²) in [5.41, 5.74) is 3.50. The molecule has 0 aliphatic heterocycles. The van der Waals surface area contributed by atoms with Crippen LogP contribution >= 0.6 is 0 Å². The second kappa shape index (κ2) is 11.7. The summed E-state index contributed by atoms with van der Waals surface area (Å²) in [6.45, 7) is 0.0422. The number of carbonyl (C=O) groups excluding carboxylic acids is 2. The standard InChI is InChI=1S/C28H28N4O3/c1-35-26-15-9-8-14-23(26)17-27(33)30-24-18-29-32(19-24)20-28(34)31-25(22-12-6-3-7-13-22)16-21-10-4-2-5-11-21/h2-15,18-19,25H,16-17,20H2,1H3,(H,30,33)(H,31,34)/t25-/m0/s1. The van der Waals surface area contributed by atoms with E-state index < -0.39 is 0 Å². The van der Waals surface area contributed by atoms with Crippen LogP contribution in [0.4, 0.5) is 5.69 Å². The van der Waals surface area contributed by atoms with Crippen LogP contribution in [0.1, 0.15) is 22.7 Å². The molecule has 4 aromatic rings. The predicted octanol–water partition coefficient (Wildman–Crippen LogP) is 4.17. The summed E-state index contributed by atoms with van der Waals surface area (Å²) in [5, 5.41) is 10.2. The van der Waals surface area contributed by atoms with Crippen molar-refractivity contribution in [3.63, 3.8) is 0 Å². The van der Waals surface area contributed by atoms with Crippen LogP contribution in [0.15, 0.2) is 97.3 Å². The van der Waals surface area contributed by atoms with Gasteiger partial charge in [0.05, 0.1) is 31.5 Å². The van der Waals surface area contributed by atoms with E-state index in [-0.39, 0.29) is 30.8 Å². The Bertz CT molecular complexity index is 1260. The Morgan fingerprint density at radius 2 is 1.60 bits per heavy atom. The van der Waals surface area contributed by atoms with Crippen LogP contribution in [-0.4, -0.2) is 28.7 Å². The Morgan fingerprint density at radius 3 is 2.34 bits per heavy atom. The molecule has 2 N–H and O–H groups in total. The van der Waals surface area contributed by atoms with Gasteiger partial charge in [-0.15, -0.1) is 0 Å². The number of methoxy groups -OCH3 is 1. The molecule has 0 bridgehead atoms. The Hall–Kier alpha value is -4.39. The minimum atomic E-state index is -0.189. The van der Waals surface area contributed by atoms with Gasteiger partial charge in [-0.3, -0.25) is 14.3 Å². The van der Waals surface area contributed by atoms with E-state index in [1.807, 2.05) is 72.8 Å². The fourth-order valence-electron chi connectivity index (χ4n) is 3.92. The van der Waals surface area contributed by atoms with Crippen LogP contribution in [-0.2, 0) is 29.0 Å². The van der Waals surface area contributed by atoms with Crippen LogP contribution in [0.25, 0.3) is 0 Å². The molecule has 0 spiro atoms. The predicted molar refractivity (Wildman–Crippen MR) is 135 cm³/mol. The fourth-order valence-corrected chi connectivity index (χ4v) is 3.92. The highest BCUT2D eigenvalue weighted by atomic mass is 16.5. The first-order chi connectivity index (χ1) is 17.1. The minimum absolute atomic E-state index is 0.0422. The summed E-state index contributed by atoms with van der Waals surface area (Å²) in [4.78, 5) is 25.3. The second-order valence-electron chi connectivity index (χ2n) is 8.18. The molecule has 4 rings (SSSR count). The number of rotatable bonds is 10. The van der Waals surface area contributed by atoms with E-state index in [0.717, 1.165) is 16.7 Å². The summed E-state index contributed by atoms with van der Waals surface area (Å²) in [6.07, 6.45) is 4.04. The van der Waals surface area contributed by atoms with E-state index in [2.05, 4.69) is 27.9 Å². The Balaban J connectivity index is 1.36. The van der Waals surface area contributed by atoms with Crippen molar-refractivity contribution < 1.29 is 14.3 Å². The monoisotopic (exact) mass is 468 g/mol. The highest BCUT2D eigenvalue weighted by molar-refractivity contribution is 5.92. The van der Waals surface area contributed by atoms with Crippen molar-refractivity contribution in [3.05, 3.63) is 114 Å². The van der Waals surface area contributed by atoms with Gasteiger partial charge in [-0.05, 0) is 23.6 Å². The van der Waals surface area contributed by atoms with E-state index in [9.17, 15) is 9.59 Å². The van der Waals surface area contributed by atoms with E-state index in [1.165, 1.54) is 10.9 Å². The molecule has 0 saturated carbocycles. The Morgan fingerprint density at radius 1 is 0.914 bits per heavy atom. The van der Waals surface area contributed by atoms with Gasteiger partial charge in [0.2, 0.25) is 11.8 Å². The molecule has 0 unspecified atom stereocenters. The third-order valence-corrected chi connectivity index (χ3v) is 5.59. The first kappa shape index (κ1) is 23.8. The van der Waals surface area contributed by atoms with Gasteiger partial charge >= 0.3 is 0 Å². The maximum Gasteiger partial charge on any atom is 0.242 e. The number of nitrogens with zero attached hydrogens (tertiary/aromatic N) is 2. The second-order valence-corrected chi connectivity index (χ2v) is 8.18. The molecule has 7 heteroatoms. The van der Waals surface area contributed by atoms with Gasteiger partial charge in [0.1, 0.15) is 12.3 Å². The highest BCUT2D eigenvalue weighted by Crippen LogP contribution is 2.20. The molecule has 1 heterocycles. The molecule has 0 saturated heterocycles. The molecule has 0 fully saturated rings. The molecule has 7 nitrogen and oxygen atoms in total. The number of aromatic nitrogens is 2. The summed E-state index contributed by atoms with van der Waals surface area (Å²) >= 11 is 0. The molecule has 0 aliphatic rings. The SMILES string of the molecule is COc1ccccc1CC(=O)Nc1cnn(CC(=O)N[C@@H](Cc2ccccc2)c2ccccc2)c1. The van der Waals surface area contributed by atoms with Crippen molar-refractivity contribution >= 4 is 17.5 Å². The summed E-state index contributed by atoms with van der Waals surface area (Å²) in [6, 6.07) is 27.2. The first-order valence-electron chi connectivity index (χ1n) is 11.4. The Kier molecular flexibility index (Phi) is 7.91. The van der Waals surface area contributed by atoms with Gasteiger partial charge in [-0.25, -0.2) is 0 Å². The summed E-state index contributed by atoms with van der Waals surface area (Å²) < 4.78 is 6.82. The molecule has 178 valence electrons. The van der Waals surface area contributed by atoms with E-state index >= 15 is 0 Å². The maximum atomic E-state index is 12.9. The van der Waals surface area contributed by atoms with Crippen LogP contribution in [0.5, 0.6) is 5.75 Å². The lowest BCUT2D eigenvalue weighted by atomic mass is 9.99. The molecule has 35 heavy (non-hydrogen) atoms. The average molecular weight is 469 g/mol. The zero-order chi connectivity index (χ0) is 24.5. The molecule has 1 atom stereocenters. The largest absolute Gasteiger partial charge is 0.496 e. The van der Waals surface area contributed by atoms with Crippen molar-refractivity contribution in [1.29, 1.82) is 0 Å². The topological polar surface area (TPSA) is 85.2 Å². The molecular formula is C28H28N4O3. The highest BCUT2D eigenvalue weighted by Gasteiger charge is 2.16. The van der Waals surface area contributed by atoms with Crippen LogP contribution < -0.4 is 15.4 Å². The van der Waals surface area contributed by atoms with Gasteiger partial charge in [-0.2, -0.15) is 5.10 Å². The van der Waals surface area contributed by atoms with E-state index in [0.29, 0.717) is 17.9 Å². The number of amides is 2. The quantitative estimate of drug-likeness (QED) is 0.366. The third kappa shape index (κ3) is 6.80. The minimum Gasteiger partial charge on any atom is -0.496 e. The molecule has 1 aromatic heterocycles. The van der Waals surface area contributed by atoms with Crippen LogP contribution in [0, 0.1) is 0 Å². The molecule has 0 radical (unpaired) electrons. The summed E-state index contributed by atoms with van der Waals surface area (Å²) in [7, 11) is 1.58. The van der Waals surface area contributed by atoms with E-state index in [1.54, 1.807) is 13.3 Å². The number of carbonyl (C=O) groups is 2. The van der Waals surface area contributed by atoms with Crippen molar-refractivity contribution in [2.75, 3.05) is 12.4 Å². The number of anilines is 1. The summed E-state index contributed by atoms with van der Waals surface area (Å²) in [5.74, 6) is 0.314. The Labute approximate surface area is 204 Å². The van der Waals surface area contributed by atoms with Crippen molar-refractivity contribution in [1.82, 2.24) is 15.1 Å². The van der Waals surface area contributed by atoms with E-state index in [4.69, 9.17) is 4.74 Å². The van der Waals surface area contributed by atoms with Crippen LogP contribution in [0.3, 0.4) is 0 Å². The molecular weight excluding hydrogens is 440 g/mol. The van der Waals surface area contributed by atoms with Crippen LogP contribution in [0.2, 0.25) is 0 Å². The lowest BCUT2D eigenvalue weighted by Gasteiger charge is -2.19. The van der Waals surface area contributed by atoms with Gasteiger partial charge in [0.15, 0.2) is 0 Å². The lowest BCUT2D eigenvalue weighted by Crippen LogP contribution is -2.32. The molecule has 2 amide bonds. The van der Waals surface area contributed by atoms with Gasteiger partial charge in [0.25, 0.3) is 0 Å². The van der Waals surface area contributed by atoms with Gasteiger partial charge < -0.3 is 15.4 Å². The zero-order valence-electron chi connectivity index (χ0n) is 19.6.